The minimum absolute atomic E-state index is 0.214. The summed E-state index contributed by atoms with van der Waals surface area (Å²) >= 11 is 0. The summed E-state index contributed by atoms with van der Waals surface area (Å²) in [5.74, 6) is 0.0146. The standard InChI is InChI=1S/C18H28FN3O/c1-2-3-4-10-20-11-9-18(23)22-14-12-21(13-15-22)17-7-5-16(19)6-8-17/h5-8,20H,2-4,9-15H2,1H3. The van der Waals surface area contributed by atoms with Gasteiger partial charge in [0.05, 0.1) is 0 Å². The van der Waals surface area contributed by atoms with E-state index in [1.54, 1.807) is 12.1 Å². The molecule has 1 fully saturated rings. The normalized spacial score (nSPS) is 15.0. The van der Waals surface area contributed by atoms with Crippen LogP contribution in [0.4, 0.5) is 10.1 Å². The number of rotatable bonds is 8. The van der Waals surface area contributed by atoms with Crippen LogP contribution in [0.5, 0.6) is 0 Å². The highest BCUT2D eigenvalue weighted by Gasteiger charge is 2.20. The highest BCUT2D eigenvalue weighted by atomic mass is 19.1. The lowest BCUT2D eigenvalue weighted by Crippen LogP contribution is -2.49. The number of anilines is 1. The fourth-order valence-electron chi connectivity index (χ4n) is 2.84. The van der Waals surface area contributed by atoms with Gasteiger partial charge in [0.15, 0.2) is 0 Å². The Balaban J connectivity index is 1.65. The van der Waals surface area contributed by atoms with Crippen molar-refractivity contribution in [3.8, 4) is 0 Å². The van der Waals surface area contributed by atoms with E-state index in [1.807, 2.05) is 4.90 Å². The smallest absolute Gasteiger partial charge is 0.223 e. The van der Waals surface area contributed by atoms with Crippen molar-refractivity contribution in [1.82, 2.24) is 10.2 Å². The first-order valence-corrected chi connectivity index (χ1v) is 8.69. The molecule has 0 saturated carbocycles. The molecule has 1 aliphatic rings. The Labute approximate surface area is 138 Å². The zero-order chi connectivity index (χ0) is 16.5. The second-order valence-electron chi connectivity index (χ2n) is 6.05. The topological polar surface area (TPSA) is 35.6 Å². The molecule has 1 N–H and O–H groups in total. The van der Waals surface area contributed by atoms with Crippen LogP contribution in [0.2, 0.25) is 0 Å². The van der Waals surface area contributed by atoms with E-state index < -0.39 is 0 Å². The lowest BCUT2D eigenvalue weighted by atomic mass is 10.2. The van der Waals surface area contributed by atoms with Crippen LogP contribution >= 0.6 is 0 Å². The summed E-state index contributed by atoms with van der Waals surface area (Å²) in [5, 5.41) is 3.34. The molecule has 23 heavy (non-hydrogen) atoms. The van der Waals surface area contributed by atoms with Crippen LogP contribution < -0.4 is 10.2 Å². The first-order chi connectivity index (χ1) is 11.2. The van der Waals surface area contributed by atoms with Gasteiger partial charge in [-0.25, -0.2) is 4.39 Å². The van der Waals surface area contributed by atoms with E-state index in [0.717, 1.165) is 45.0 Å². The monoisotopic (exact) mass is 321 g/mol. The number of halogens is 1. The number of piperazine rings is 1. The molecule has 1 aliphatic heterocycles. The van der Waals surface area contributed by atoms with E-state index >= 15 is 0 Å². The number of nitrogens with zero attached hydrogens (tertiary/aromatic N) is 2. The molecule has 1 heterocycles. The molecule has 0 spiro atoms. The maximum absolute atomic E-state index is 13.0. The number of unbranched alkanes of at least 4 members (excludes halogenated alkanes) is 2. The first-order valence-electron chi connectivity index (χ1n) is 8.69. The SMILES string of the molecule is CCCCCNCCC(=O)N1CCN(c2ccc(F)cc2)CC1. The highest BCUT2D eigenvalue weighted by molar-refractivity contribution is 5.76. The van der Waals surface area contributed by atoms with E-state index in [9.17, 15) is 9.18 Å². The lowest BCUT2D eigenvalue weighted by molar-refractivity contribution is -0.131. The minimum atomic E-state index is -0.214. The molecule has 0 aliphatic carbocycles. The molecule has 0 bridgehead atoms. The second kappa shape index (κ2) is 9.50. The molecule has 1 amide bonds. The summed E-state index contributed by atoms with van der Waals surface area (Å²) < 4.78 is 13.0. The number of hydrogen-bond donors (Lipinski definition) is 1. The van der Waals surface area contributed by atoms with Crippen LogP contribution in [0.3, 0.4) is 0 Å². The Morgan fingerprint density at radius 1 is 1.09 bits per heavy atom. The van der Waals surface area contributed by atoms with Gasteiger partial charge in [0, 0.05) is 44.8 Å². The van der Waals surface area contributed by atoms with Crippen LogP contribution in [0.25, 0.3) is 0 Å². The molecule has 0 radical (unpaired) electrons. The van der Waals surface area contributed by atoms with Crippen molar-refractivity contribution in [3.05, 3.63) is 30.1 Å². The molecule has 1 aromatic carbocycles. The van der Waals surface area contributed by atoms with Crippen molar-refractivity contribution in [1.29, 1.82) is 0 Å². The molecule has 1 aromatic rings. The van der Waals surface area contributed by atoms with E-state index in [4.69, 9.17) is 0 Å². The van der Waals surface area contributed by atoms with Crippen LogP contribution in [-0.2, 0) is 4.79 Å². The first kappa shape index (κ1) is 17.7. The lowest BCUT2D eigenvalue weighted by Gasteiger charge is -2.36. The van der Waals surface area contributed by atoms with Gasteiger partial charge < -0.3 is 15.1 Å². The van der Waals surface area contributed by atoms with Crippen molar-refractivity contribution in [2.45, 2.75) is 32.6 Å². The number of carbonyl (C=O) groups is 1. The fraction of sp³-hybridized carbons (Fsp3) is 0.611. The van der Waals surface area contributed by atoms with Gasteiger partial charge in [0.2, 0.25) is 5.91 Å². The minimum Gasteiger partial charge on any atom is -0.368 e. The Morgan fingerprint density at radius 2 is 1.78 bits per heavy atom. The van der Waals surface area contributed by atoms with Gasteiger partial charge in [-0.1, -0.05) is 19.8 Å². The highest BCUT2D eigenvalue weighted by Crippen LogP contribution is 2.17. The zero-order valence-corrected chi connectivity index (χ0v) is 14.1. The third-order valence-electron chi connectivity index (χ3n) is 4.30. The molecular weight excluding hydrogens is 293 g/mol. The van der Waals surface area contributed by atoms with Gasteiger partial charge in [0.25, 0.3) is 0 Å². The average molecular weight is 321 g/mol. The number of benzene rings is 1. The number of amides is 1. The summed E-state index contributed by atoms with van der Waals surface area (Å²) in [6, 6.07) is 6.56. The van der Waals surface area contributed by atoms with E-state index in [0.29, 0.717) is 6.42 Å². The van der Waals surface area contributed by atoms with Crippen LogP contribution in [0.15, 0.2) is 24.3 Å². The van der Waals surface area contributed by atoms with E-state index in [1.165, 1.54) is 31.4 Å². The van der Waals surface area contributed by atoms with Crippen molar-refractivity contribution >= 4 is 11.6 Å². The second-order valence-corrected chi connectivity index (χ2v) is 6.05. The molecule has 128 valence electrons. The van der Waals surface area contributed by atoms with Crippen LogP contribution in [-0.4, -0.2) is 50.1 Å². The van der Waals surface area contributed by atoms with Crippen molar-refractivity contribution < 1.29 is 9.18 Å². The van der Waals surface area contributed by atoms with E-state index in [2.05, 4.69) is 17.1 Å². The summed E-state index contributed by atoms with van der Waals surface area (Å²) in [6.45, 7) is 7.05. The predicted molar refractivity (Wildman–Crippen MR) is 92.2 cm³/mol. The average Bonchev–Trinajstić information content (AvgIpc) is 2.58. The Kier molecular flexibility index (Phi) is 7.33. The third-order valence-corrected chi connectivity index (χ3v) is 4.30. The Morgan fingerprint density at radius 3 is 2.43 bits per heavy atom. The Bertz CT molecular complexity index is 470. The molecule has 2 rings (SSSR count). The number of carbonyl (C=O) groups excluding carboxylic acids is 1. The van der Waals surface area contributed by atoms with Crippen molar-refractivity contribution in [3.63, 3.8) is 0 Å². The van der Waals surface area contributed by atoms with Gasteiger partial charge in [-0.2, -0.15) is 0 Å². The third kappa shape index (κ3) is 5.82. The molecule has 0 atom stereocenters. The maximum atomic E-state index is 13.0. The summed E-state index contributed by atoms with van der Waals surface area (Å²) in [5.41, 5.74) is 1.02. The largest absolute Gasteiger partial charge is 0.368 e. The molecular formula is C18H28FN3O. The molecule has 4 nitrogen and oxygen atoms in total. The van der Waals surface area contributed by atoms with Crippen molar-refractivity contribution in [2.24, 2.45) is 0 Å². The molecule has 1 saturated heterocycles. The molecule has 5 heteroatoms. The Hall–Kier alpha value is -1.62. The van der Waals surface area contributed by atoms with E-state index in [-0.39, 0.29) is 11.7 Å². The van der Waals surface area contributed by atoms with Crippen LogP contribution in [0, 0.1) is 5.82 Å². The summed E-state index contributed by atoms with van der Waals surface area (Å²) in [6.07, 6.45) is 4.22. The quantitative estimate of drug-likeness (QED) is 0.748. The number of nitrogens with one attached hydrogen (secondary N) is 1. The molecule has 0 unspecified atom stereocenters. The number of hydrogen-bond acceptors (Lipinski definition) is 3. The summed E-state index contributed by atoms with van der Waals surface area (Å²) in [7, 11) is 0. The van der Waals surface area contributed by atoms with Crippen LogP contribution in [0.1, 0.15) is 32.6 Å². The van der Waals surface area contributed by atoms with Gasteiger partial charge in [-0.05, 0) is 37.2 Å². The summed E-state index contributed by atoms with van der Waals surface area (Å²) in [4.78, 5) is 16.3. The van der Waals surface area contributed by atoms with Gasteiger partial charge in [0.1, 0.15) is 5.82 Å². The van der Waals surface area contributed by atoms with Gasteiger partial charge in [-0.15, -0.1) is 0 Å². The predicted octanol–water partition coefficient (Wildman–Crippen LogP) is 2.64. The fourth-order valence-corrected chi connectivity index (χ4v) is 2.84. The van der Waals surface area contributed by atoms with Crippen molar-refractivity contribution in [2.75, 3.05) is 44.2 Å². The maximum Gasteiger partial charge on any atom is 0.223 e. The van der Waals surface area contributed by atoms with Gasteiger partial charge in [-0.3, -0.25) is 4.79 Å². The molecule has 0 aromatic heterocycles. The van der Waals surface area contributed by atoms with Gasteiger partial charge >= 0.3 is 0 Å². The zero-order valence-electron chi connectivity index (χ0n) is 14.1.